The van der Waals surface area contributed by atoms with Crippen LogP contribution in [-0.4, -0.2) is 96.7 Å². The van der Waals surface area contributed by atoms with Crippen molar-refractivity contribution in [3.63, 3.8) is 0 Å². The number of unbranched alkanes of at least 4 members (excludes halogenated alkanes) is 21. The van der Waals surface area contributed by atoms with Gasteiger partial charge in [0.2, 0.25) is 0 Å². The third kappa shape index (κ3) is 76.6. The van der Waals surface area contributed by atoms with Crippen LogP contribution >= 0.6 is 15.6 Å². The molecule has 0 bridgehead atoms. The zero-order valence-corrected chi connectivity index (χ0v) is 67.6. The summed E-state index contributed by atoms with van der Waals surface area (Å²) in [6, 6.07) is 0. The maximum absolute atomic E-state index is 13.1. The molecule has 17 nitrogen and oxygen atoms in total. The summed E-state index contributed by atoms with van der Waals surface area (Å²) in [4.78, 5) is 73.0. The first-order chi connectivity index (χ1) is 51.7. The van der Waals surface area contributed by atoms with Gasteiger partial charge in [-0.3, -0.25) is 37.3 Å². The van der Waals surface area contributed by atoms with Crippen LogP contribution in [0.25, 0.3) is 0 Å². The molecule has 602 valence electrons. The van der Waals surface area contributed by atoms with Crippen molar-refractivity contribution in [2.75, 3.05) is 39.6 Å². The summed E-state index contributed by atoms with van der Waals surface area (Å²) < 4.78 is 68.5. The summed E-state index contributed by atoms with van der Waals surface area (Å²) in [5.41, 5.74) is 0. The van der Waals surface area contributed by atoms with Crippen LogP contribution in [-0.2, 0) is 65.4 Å². The largest absolute Gasteiger partial charge is 0.472 e. The van der Waals surface area contributed by atoms with Gasteiger partial charge in [0.1, 0.15) is 19.3 Å². The molecule has 19 heteroatoms. The molecular formula is C87H142O17P2. The molecule has 106 heavy (non-hydrogen) atoms. The Balaban J connectivity index is 5.48. The summed E-state index contributed by atoms with van der Waals surface area (Å²) in [6.07, 6.45) is 92.1. The van der Waals surface area contributed by atoms with E-state index in [1.54, 1.807) is 6.08 Å². The Bertz CT molecular complexity index is 2680. The third-order valence-corrected chi connectivity index (χ3v) is 18.1. The minimum Gasteiger partial charge on any atom is -0.462 e. The number of carbonyl (C=O) groups is 4. The predicted molar refractivity (Wildman–Crippen MR) is 436 cm³/mol. The van der Waals surface area contributed by atoms with E-state index in [2.05, 4.69) is 174 Å². The van der Waals surface area contributed by atoms with Crippen LogP contribution in [0.5, 0.6) is 0 Å². The lowest BCUT2D eigenvalue weighted by atomic mass is 10.1. The van der Waals surface area contributed by atoms with Crippen LogP contribution in [0.1, 0.15) is 297 Å². The molecule has 0 aliphatic heterocycles. The average Bonchev–Trinajstić information content (AvgIpc) is 0.899. The molecule has 0 aromatic rings. The van der Waals surface area contributed by atoms with Gasteiger partial charge in [0, 0.05) is 19.3 Å². The van der Waals surface area contributed by atoms with Gasteiger partial charge in [0.25, 0.3) is 0 Å². The van der Waals surface area contributed by atoms with Gasteiger partial charge in [-0.25, -0.2) is 9.13 Å². The van der Waals surface area contributed by atoms with E-state index in [4.69, 9.17) is 37.0 Å². The van der Waals surface area contributed by atoms with E-state index in [1.165, 1.54) is 38.5 Å². The number of hydrogen-bond acceptors (Lipinski definition) is 15. The van der Waals surface area contributed by atoms with Gasteiger partial charge in [0.15, 0.2) is 12.2 Å². The minimum absolute atomic E-state index is 0.0552. The Labute approximate surface area is 642 Å². The van der Waals surface area contributed by atoms with Crippen molar-refractivity contribution in [1.82, 2.24) is 0 Å². The highest BCUT2D eigenvalue weighted by Crippen LogP contribution is 2.45. The highest BCUT2D eigenvalue weighted by Gasteiger charge is 2.30. The molecular weight excluding hydrogens is 1380 g/mol. The fourth-order valence-corrected chi connectivity index (χ4v) is 11.7. The molecule has 0 spiro atoms. The van der Waals surface area contributed by atoms with E-state index >= 15 is 0 Å². The van der Waals surface area contributed by atoms with Gasteiger partial charge in [-0.05, 0) is 154 Å². The zero-order chi connectivity index (χ0) is 77.4. The number of rotatable bonds is 74. The quantitative estimate of drug-likeness (QED) is 0.0169. The molecule has 3 N–H and O–H groups in total. The number of aliphatic hydroxyl groups excluding tert-OH is 1. The number of allylic oxidation sites excluding steroid dienone is 27. The van der Waals surface area contributed by atoms with Gasteiger partial charge in [0.05, 0.1) is 32.8 Å². The van der Waals surface area contributed by atoms with E-state index in [1.807, 2.05) is 18.2 Å². The first-order valence-corrected chi connectivity index (χ1v) is 43.4. The fourth-order valence-electron chi connectivity index (χ4n) is 10.2. The van der Waals surface area contributed by atoms with Gasteiger partial charge in [-0.1, -0.05) is 288 Å². The molecule has 0 aliphatic rings. The summed E-state index contributed by atoms with van der Waals surface area (Å²) >= 11 is 0. The standard InChI is InChI=1S/C87H142O17P2/c1-5-9-13-17-21-25-29-33-37-39-40-42-45-48-52-56-60-64-68-72-85(90)98-78-83(104-87(92)74-70-66-62-58-54-50-46-41-38-34-30-26-22-18-14-10-6-2)80-102-106(95,96)100-76-81(88)75-99-105(93,94)101-79-82(103-86(91)73-69-65-61-57-53-49-44-36-32-28-24-20-16-12-8-4)77-97-84(89)71-67-63-59-55-51-47-43-35-31-27-23-19-15-11-7-3/h9-11,13-15,21-23,25-27,33-38,40,42-44,46,50-51,55,63,67,81-83,88H,5-8,12,16-20,24,28-32,39,41,45,47-49,52-54,56-62,64-66,68-80H2,1-4H3,(H,93,94)(H,95,96)/b13-9-,14-10-,15-11-,25-21-,26-22-,27-23-,37-33-,38-34-,42-40-,43-35-,44-36-,50-46-,55-51-,67-63-. The predicted octanol–water partition coefficient (Wildman–Crippen LogP) is 23.8. The number of carbonyl (C=O) groups excluding carboxylic acids is 4. The Kier molecular flexibility index (Phi) is 73.5. The maximum Gasteiger partial charge on any atom is 0.472 e. The molecule has 0 aromatic carbocycles. The molecule has 0 heterocycles. The zero-order valence-electron chi connectivity index (χ0n) is 65.8. The number of phosphoric ester groups is 2. The molecule has 5 atom stereocenters. The van der Waals surface area contributed by atoms with Crippen LogP contribution in [0.15, 0.2) is 170 Å². The van der Waals surface area contributed by atoms with Crippen molar-refractivity contribution in [3.8, 4) is 0 Å². The van der Waals surface area contributed by atoms with Gasteiger partial charge >= 0.3 is 39.5 Å². The molecule has 0 saturated carbocycles. The number of aliphatic hydroxyl groups is 1. The van der Waals surface area contributed by atoms with E-state index in [0.717, 1.165) is 180 Å². The summed E-state index contributed by atoms with van der Waals surface area (Å²) in [6.45, 7) is 4.36. The highest BCUT2D eigenvalue weighted by molar-refractivity contribution is 7.47. The van der Waals surface area contributed by atoms with Crippen molar-refractivity contribution < 1.29 is 80.2 Å². The van der Waals surface area contributed by atoms with Gasteiger partial charge in [-0.2, -0.15) is 0 Å². The van der Waals surface area contributed by atoms with Crippen molar-refractivity contribution >= 4 is 39.5 Å². The molecule has 0 aromatic heterocycles. The smallest absolute Gasteiger partial charge is 0.462 e. The lowest BCUT2D eigenvalue weighted by molar-refractivity contribution is -0.161. The van der Waals surface area contributed by atoms with Gasteiger partial charge < -0.3 is 33.8 Å². The van der Waals surface area contributed by atoms with Gasteiger partial charge in [-0.15, -0.1) is 0 Å². The second-order valence-electron chi connectivity index (χ2n) is 26.2. The van der Waals surface area contributed by atoms with Crippen molar-refractivity contribution in [1.29, 1.82) is 0 Å². The SMILES string of the molecule is CC/C=C\C/C=C\C/C=C\C/C=C\C/C=C\CC(=O)OCC(COP(=O)(O)OCC(O)COP(=O)(O)OCC(COC(=O)CCCCCCCC/C=C\C/C=C\C/C=C\C/C=C\CC)OC(=O)CCCCCC/C=C\C/C=C\C/C=C\C/C=C\CC)OC(=O)CCCCCCC/C=C\CCCCCCCC. The summed E-state index contributed by atoms with van der Waals surface area (Å²) in [5, 5.41) is 10.6. The van der Waals surface area contributed by atoms with E-state index in [9.17, 15) is 43.2 Å². The fraction of sp³-hybridized carbons (Fsp3) is 0.632. The Morgan fingerprint density at radius 2 is 0.528 bits per heavy atom. The van der Waals surface area contributed by atoms with E-state index in [-0.39, 0.29) is 25.7 Å². The molecule has 0 radical (unpaired) electrons. The Hall–Kier alpha value is -5.58. The first kappa shape index (κ1) is 100. The van der Waals surface area contributed by atoms with Crippen molar-refractivity contribution in [2.24, 2.45) is 0 Å². The van der Waals surface area contributed by atoms with Crippen LogP contribution in [0, 0.1) is 0 Å². The number of hydrogen-bond donors (Lipinski definition) is 3. The van der Waals surface area contributed by atoms with Crippen molar-refractivity contribution in [2.45, 2.75) is 316 Å². The van der Waals surface area contributed by atoms with Crippen LogP contribution in [0.4, 0.5) is 0 Å². The third-order valence-electron chi connectivity index (χ3n) is 16.2. The second kappa shape index (κ2) is 77.6. The normalized spacial score (nSPS) is 14.7. The molecule has 5 unspecified atom stereocenters. The van der Waals surface area contributed by atoms with E-state index < -0.39 is 97.5 Å². The minimum atomic E-state index is -5.01. The van der Waals surface area contributed by atoms with E-state index in [0.29, 0.717) is 25.7 Å². The molecule has 0 amide bonds. The topological polar surface area (TPSA) is 237 Å². The maximum atomic E-state index is 13.1. The molecule has 0 rings (SSSR count). The number of phosphoric acid groups is 2. The molecule has 0 saturated heterocycles. The van der Waals surface area contributed by atoms with Crippen molar-refractivity contribution in [3.05, 3.63) is 170 Å². The first-order valence-electron chi connectivity index (χ1n) is 40.4. The highest BCUT2D eigenvalue weighted by atomic mass is 31.2. The van der Waals surface area contributed by atoms with Crippen LogP contribution < -0.4 is 0 Å². The van der Waals surface area contributed by atoms with Crippen LogP contribution in [0.3, 0.4) is 0 Å². The Morgan fingerprint density at radius 1 is 0.283 bits per heavy atom. The summed E-state index contributed by atoms with van der Waals surface area (Å²) in [7, 11) is -10.0. The number of ether oxygens (including phenoxy) is 4. The monoisotopic (exact) mass is 1520 g/mol. The molecule has 0 fully saturated rings. The Morgan fingerprint density at radius 3 is 0.849 bits per heavy atom. The lowest BCUT2D eigenvalue weighted by Crippen LogP contribution is -2.30. The number of esters is 4. The lowest BCUT2D eigenvalue weighted by Gasteiger charge is -2.21. The second-order valence-corrected chi connectivity index (χ2v) is 29.1. The van der Waals surface area contributed by atoms with Crippen LogP contribution in [0.2, 0.25) is 0 Å². The average molecular weight is 1520 g/mol. The molecule has 0 aliphatic carbocycles. The summed E-state index contributed by atoms with van der Waals surface area (Å²) in [5.74, 6) is -2.38.